The maximum absolute atomic E-state index is 12.6. The van der Waals surface area contributed by atoms with E-state index in [1.165, 1.54) is 6.07 Å². The Labute approximate surface area is 72.4 Å². The largest absolute Gasteiger partial charge is 0.206 e. The average molecular weight is 221 g/mol. The van der Waals surface area contributed by atoms with E-state index in [2.05, 4.69) is 15.9 Å². The Bertz CT molecular complexity index is 254. The first-order valence-electron chi connectivity index (χ1n) is 3.05. The van der Waals surface area contributed by atoms with Crippen molar-refractivity contribution in [3.05, 3.63) is 28.5 Å². The third kappa shape index (κ3) is 2.25. The summed E-state index contributed by atoms with van der Waals surface area (Å²) in [6, 6.07) is 4.68. The van der Waals surface area contributed by atoms with Crippen LogP contribution in [0.3, 0.4) is 0 Å². The number of quaternary nitrogens is 1. The summed E-state index contributed by atoms with van der Waals surface area (Å²) in [6.07, 6.45) is 0. The van der Waals surface area contributed by atoms with Crippen molar-refractivity contribution in [3.8, 4) is 0 Å². The molecule has 0 aliphatic carbocycles. The summed E-state index contributed by atoms with van der Waals surface area (Å²) >= 11 is 3.07. The van der Waals surface area contributed by atoms with Crippen molar-refractivity contribution in [2.75, 3.05) is 7.11 Å². The van der Waals surface area contributed by atoms with Crippen molar-refractivity contribution in [3.63, 3.8) is 0 Å². The second-order valence-corrected chi connectivity index (χ2v) is 2.88. The van der Waals surface area contributed by atoms with Crippen LogP contribution in [0.15, 0.2) is 22.7 Å². The van der Waals surface area contributed by atoms with Crippen LogP contribution >= 0.6 is 15.9 Å². The molecule has 0 spiro atoms. The van der Waals surface area contributed by atoms with E-state index < -0.39 is 0 Å². The highest BCUT2D eigenvalue weighted by atomic mass is 79.9. The van der Waals surface area contributed by atoms with Crippen LogP contribution in [0.25, 0.3) is 0 Å². The first-order valence-corrected chi connectivity index (χ1v) is 3.84. The molecule has 2 N–H and O–H groups in total. The quantitative estimate of drug-likeness (QED) is 0.591. The van der Waals surface area contributed by atoms with E-state index >= 15 is 0 Å². The van der Waals surface area contributed by atoms with Crippen LogP contribution in [0.2, 0.25) is 0 Å². The van der Waals surface area contributed by atoms with Gasteiger partial charge >= 0.3 is 0 Å². The standard InChI is InChI=1S/C7H7BrFNO/c1-11-10-5-2-3-7(9)6(8)4-5/h2-4,10H,1H3/p+1. The Hall–Kier alpha value is -0.450. The first kappa shape index (κ1) is 8.64. The minimum absolute atomic E-state index is 0.266. The molecule has 0 aliphatic rings. The Morgan fingerprint density at radius 3 is 2.82 bits per heavy atom. The molecule has 0 radical (unpaired) electrons. The lowest BCUT2D eigenvalue weighted by molar-refractivity contribution is -0.830. The molecule has 60 valence electrons. The summed E-state index contributed by atoms with van der Waals surface area (Å²) in [5, 5.41) is 0. The monoisotopic (exact) mass is 220 g/mol. The Kier molecular flexibility index (Phi) is 2.99. The van der Waals surface area contributed by atoms with Crippen LogP contribution in [0, 0.1) is 5.82 Å². The van der Waals surface area contributed by atoms with E-state index in [1.807, 2.05) is 0 Å². The van der Waals surface area contributed by atoms with Crippen LogP contribution in [0.4, 0.5) is 10.1 Å². The zero-order chi connectivity index (χ0) is 8.27. The number of rotatable bonds is 2. The summed E-state index contributed by atoms with van der Waals surface area (Å²) in [6.45, 7) is 0. The molecule has 0 fully saturated rings. The van der Waals surface area contributed by atoms with Gasteiger partial charge in [0.25, 0.3) is 0 Å². The highest BCUT2D eigenvalue weighted by Gasteiger charge is 2.01. The summed E-state index contributed by atoms with van der Waals surface area (Å²) < 4.78 is 13.1. The van der Waals surface area contributed by atoms with Gasteiger partial charge in [0.1, 0.15) is 5.82 Å². The highest BCUT2D eigenvalue weighted by molar-refractivity contribution is 9.10. The summed E-state index contributed by atoms with van der Waals surface area (Å²) in [7, 11) is 1.55. The molecule has 0 aromatic heterocycles. The lowest BCUT2D eigenvalue weighted by atomic mass is 10.3. The zero-order valence-corrected chi connectivity index (χ0v) is 7.56. The van der Waals surface area contributed by atoms with Gasteiger partial charge in [-0.3, -0.25) is 0 Å². The predicted molar refractivity (Wildman–Crippen MR) is 42.7 cm³/mol. The number of halogens is 2. The Balaban J connectivity index is 2.86. The minimum atomic E-state index is -0.266. The second-order valence-electron chi connectivity index (χ2n) is 2.03. The molecule has 0 unspecified atom stereocenters. The fourth-order valence-electron chi connectivity index (χ4n) is 0.722. The fraction of sp³-hybridized carbons (Fsp3) is 0.143. The van der Waals surface area contributed by atoms with Gasteiger partial charge < -0.3 is 0 Å². The van der Waals surface area contributed by atoms with Gasteiger partial charge in [0.2, 0.25) is 0 Å². The molecule has 1 aromatic rings. The molecule has 1 rings (SSSR count). The van der Waals surface area contributed by atoms with Crippen LogP contribution < -0.4 is 5.48 Å². The number of hydrogen-bond acceptors (Lipinski definition) is 1. The van der Waals surface area contributed by atoms with E-state index in [-0.39, 0.29) is 5.82 Å². The van der Waals surface area contributed by atoms with E-state index in [0.29, 0.717) is 4.47 Å². The molecule has 11 heavy (non-hydrogen) atoms. The van der Waals surface area contributed by atoms with Crippen molar-refractivity contribution in [2.24, 2.45) is 0 Å². The molecule has 0 amide bonds. The van der Waals surface area contributed by atoms with Gasteiger partial charge in [-0.15, -0.1) is 0 Å². The van der Waals surface area contributed by atoms with Crippen LogP contribution in [-0.2, 0) is 4.84 Å². The molecular weight excluding hydrogens is 213 g/mol. The summed E-state index contributed by atoms with van der Waals surface area (Å²) in [5.41, 5.74) is 2.38. The van der Waals surface area contributed by atoms with Crippen molar-refractivity contribution in [2.45, 2.75) is 0 Å². The zero-order valence-electron chi connectivity index (χ0n) is 5.97. The van der Waals surface area contributed by atoms with Crippen LogP contribution in [-0.4, -0.2) is 7.11 Å². The van der Waals surface area contributed by atoms with Crippen molar-refractivity contribution < 1.29 is 14.7 Å². The topological polar surface area (TPSA) is 25.8 Å². The van der Waals surface area contributed by atoms with Crippen LogP contribution in [0.5, 0.6) is 0 Å². The lowest BCUT2D eigenvalue weighted by Gasteiger charge is -1.96. The van der Waals surface area contributed by atoms with Gasteiger partial charge in [0, 0.05) is 12.1 Å². The fourth-order valence-corrected chi connectivity index (χ4v) is 1.12. The lowest BCUT2D eigenvalue weighted by Crippen LogP contribution is -2.75. The molecule has 4 heteroatoms. The molecule has 2 nitrogen and oxygen atoms in total. The smallest absolute Gasteiger partial charge is 0.163 e. The maximum Gasteiger partial charge on any atom is 0.163 e. The van der Waals surface area contributed by atoms with E-state index in [4.69, 9.17) is 4.84 Å². The van der Waals surface area contributed by atoms with Gasteiger partial charge in [0.15, 0.2) is 5.69 Å². The molecule has 1 aromatic carbocycles. The highest BCUT2D eigenvalue weighted by Crippen LogP contribution is 2.16. The summed E-state index contributed by atoms with van der Waals surface area (Å²) in [5.74, 6) is -0.266. The van der Waals surface area contributed by atoms with Crippen molar-refractivity contribution >= 4 is 21.6 Å². The third-order valence-electron chi connectivity index (χ3n) is 1.20. The first-order chi connectivity index (χ1) is 5.24. The SMILES string of the molecule is CO[NH2+]c1ccc(F)c(Br)c1. The molecule has 0 bridgehead atoms. The number of nitrogens with two attached hydrogens (primary N) is 1. The molecule has 0 saturated carbocycles. The van der Waals surface area contributed by atoms with Gasteiger partial charge in [-0.2, -0.15) is 5.48 Å². The average Bonchev–Trinajstić information content (AvgIpc) is 1.98. The van der Waals surface area contributed by atoms with Gasteiger partial charge in [0.05, 0.1) is 11.6 Å². The number of benzene rings is 1. The van der Waals surface area contributed by atoms with Gasteiger partial charge in [-0.05, 0) is 22.0 Å². The normalized spacial score (nSPS) is 10.1. The van der Waals surface area contributed by atoms with Crippen molar-refractivity contribution in [1.82, 2.24) is 0 Å². The predicted octanol–water partition coefficient (Wildman–Crippen LogP) is 1.34. The van der Waals surface area contributed by atoms with Gasteiger partial charge in [-0.1, -0.05) is 0 Å². The molecule has 0 aliphatic heterocycles. The third-order valence-corrected chi connectivity index (χ3v) is 1.81. The number of hydrogen-bond donors (Lipinski definition) is 1. The van der Waals surface area contributed by atoms with E-state index in [9.17, 15) is 4.39 Å². The van der Waals surface area contributed by atoms with Gasteiger partial charge in [-0.25, -0.2) is 9.23 Å². The van der Waals surface area contributed by atoms with E-state index in [0.717, 1.165) is 5.69 Å². The Morgan fingerprint density at radius 2 is 2.27 bits per heavy atom. The van der Waals surface area contributed by atoms with Crippen LogP contribution in [0.1, 0.15) is 0 Å². The van der Waals surface area contributed by atoms with E-state index in [1.54, 1.807) is 24.7 Å². The minimum Gasteiger partial charge on any atom is -0.206 e. The summed E-state index contributed by atoms with van der Waals surface area (Å²) in [4.78, 5) is 4.75. The molecule has 0 atom stereocenters. The molecule has 0 heterocycles. The van der Waals surface area contributed by atoms with Crippen molar-refractivity contribution in [1.29, 1.82) is 0 Å². The molecule has 0 saturated heterocycles. The maximum atomic E-state index is 12.6. The Morgan fingerprint density at radius 1 is 1.55 bits per heavy atom. The molecular formula is C7H8BrFNO+. The second kappa shape index (κ2) is 3.80.